The lowest BCUT2D eigenvalue weighted by Gasteiger charge is -2.12. The van der Waals surface area contributed by atoms with Gasteiger partial charge in [0.05, 0.1) is 13.7 Å². The first-order valence-corrected chi connectivity index (χ1v) is 7.93. The van der Waals surface area contributed by atoms with Crippen LogP contribution in [0.3, 0.4) is 0 Å². The third-order valence-corrected chi connectivity index (χ3v) is 3.51. The zero-order valence-electron chi connectivity index (χ0n) is 14.6. The van der Waals surface area contributed by atoms with Crippen LogP contribution in [0.5, 0.6) is 11.5 Å². The number of urea groups is 1. The van der Waals surface area contributed by atoms with Crippen LogP contribution in [-0.2, 0) is 0 Å². The van der Waals surface area contributed by atoms with Crippen LogP contribution in [0.4, 0.5) is 10.5 Å². The van der Waals surface area contributed by atoms with E-state index in [9.17, 15) is 9.59 Å². The second-order valence-corrected chi connectivity index (χ2v) is 5.52. The molecule has 0 bridgehead atoms. The molecule has 2 N–H and O–H groups in total. The Morgan fingerprint density at radius 2 is 1.76 bits per heavy atom. The van der Waals surface area contributed by atoms with Gasteiger partial charge >= 0.3 is 6.03 Å². The second-order valence-electron chi connectivity index (χ2n) is 5.52. The molecule has 0 aromatic heterocycles. The summed E-state index contributed by atoms with van der Waals surface area (Å²) in [5.74, 6) is 1.28. The number of methoxy groups -OCH3 is 1. The fourth-order valence-electron chi connectivity index (χ4n) is 2.18. The summed E-state index contributed by atoms with van der Waals surface area (Å²) in [6, 6.07) is 12.0. The van der Waals surface area contributed by atoms with Crippen molar-refractivity contribution in [3.63, 3.8) is 0 Å². The van der Waals surface area contributed by atoms with Gasteiger partial charge in [-0.15, -0.1) is 0 Å². The smallest absolute Gasteiger partial charge is 0.319 e. The van der Waals surface area contributed by atoms with E-state index in [4.69, 9.17) is 9.47 Å². The Labute approximate surface area is 147 Å². The molecule has 0 unspecified atom stereocenters. The number of carbonyl (C=O) groups excluding carboxylic acids is 2. The van der Waals surface area contributed by atoms with E-state index in [2.05, 4.69) is 10.6 Å². The first-order chi connectivity index (χ1) is 12.0. The van der Waals surface area contributed by atoms with Gasteiger partial charge in [-0.25, -0.2) is 4.79 Å². The van der Waals surface area contributed by atoms with Crippen molar-refractivity contribution in [1.82, 2.24) is 5.32 Å². The van der Waals surface area contributed by atoms with Gasteiger partial charge in [-0.3, -0.25) is 4.79 Å². The highest BCUT2D eigenvalue weighted by Gasteiger charge is 2.06. The van der Waals surface area contributed by atoms with Gasteiger partial charge < -0.3 is 20.1 Å². The molecule has 6 heteroatoms. The van der Waals surface area contributed by atoms with Crippen molar-refractivity contribution in [3.8, 4) is 11.5 Å². The van der Waals surface area contributed by atoms with E-state index < -0.39 is 0 Å². The molecule has 0 atom stereocenters. The summed E-state index contributed by atoms with van der Waals surface area (Å²) in [6.07, 6.45) is 0. The zero-order valence-corrected chi connectivity index (χ0v) is 14.6. The van der Waals surface area contributed by atoms with Crippen molar-refractivity contribution in [2.75, 3.05) is 25.6 Å². The fraction of sp³-hybridized carbons (Fsp3) is 0.263. The number of anilines is 1. The Morgan fingerprint density at radius 1 is 1.04 bits per heavy atom. The number of carbonyl (C=O) groups is 2. The van der Waals surface area contributed by atoms with E-state index in [-0.39, 0.29) is 11.8 Å². The summed E-state index contributed by atoms with van der Waals surface area (Å²) in [5.41, 5.74) is 2.30. The van der Waals surface area contributed by atoms with Gasteiger partial charge in [0.2, 0.25) is 0 Å². The monoisotopic (exact) mass is 342 g/mol. The third-order valence-electron chi connectivity index (χ3n) is 3.51. The largest absolute Gasteiger partial charge is 0.493 e. The molecule has 0 heterocycles. The van der Waals surface area contributed by atoms with Crippen molar-refractivity contribution < 1.29 is 19.1 Å². The molecule has 25 heavy (non-hydrogen) atoms. The maximum absolute atomic E-state index is 11.8. The lowest BCUT2D eigenvalue weighted by atomic mass is 10.1. The normalized spacial score (nSPS) is 10.0. The Balaban J connectivity index is 1.76. The van der Waals surface area contributed by atoms with E-state index in [1.165, 1.54) is 6.92 Å². The Hall–Kier alpha value is -3.02. The molecule has 0 aliphatic carbocycles. The van der Waals surface area contributed by atoms with Crippen LogP contribution in [0, 0.1) is 6.92 Å². The number of nitrogens with one attached hydrogen (secondary N) is 2. The quantitative estimate of drug-likeness (QED) is 0.597. The minimum atomic E-state index is -0.338. The molecule has 6 nitrogen and oxygen atoms in total. The molecule has 0 fully saturated rings. The van der Waals surface area contributed by atoms with Gasteiger partial charge in [-0.1, -0.05) is 6.07 Å². The average Bonchev–Trinajstić information content (AvgIpc) is 2.60. The van der Waals surface area contributed by atoms with Gasteiger partial charge in [0.15, 0.2) is 17.3 Å². The summed E-state index contributed by atoms with van der Waals surface area (Å²) in [4.78, 5) is 23.1. The highest BCUT2D eigenvalue weighted by Crippen LogP contribution is 2.27. The number of aryl methyl sites for hydroxylation is 1. The summed E-state index contributed by atoms with van der Waals surface area (Å²) >= 11 is 0. The highest BCUT2D eigenvalue weighted by atomic mass is 16.5. The van der Waals surface area contributed by atoms with Gasteiger partial charge in [-0.05, 0) is 55.8 Å². The Bertz CT molecular complexity index is 742. The van der Waals surface area contributed by atoms with Crippen molar-refractivity contribution in [3.05, 3.63) is 53.6 Å². The predicted molar refractivity (Wildman–Crippen MR) is 96.7 cm³/mol. The van der Waals surface area contributed by atoms with E-state index in [1.54, 1.807) is 31.4 Å². The number of ketones is 1. The van der Waals surface area contributed by atoms with Gasteiger partial charge in [-0.2, -0.15) is 0 Å². The third kappa shape index (κ3) is 5.53. The van der Waals surface area contributed by atoms with E-state index in [0.717, 1.165) is 5.56 Å². The topological polar surface area (TPSA) is 76.7 Å². The zero-order chi connectivity index (χ0) is 18.2. The summed E-state index contributed by atoms with van der Waals surface area (Å²) < 4.78 is 10.9. The van der Waals surface area contributed by atoms with Gasteiger partial charge in [0.25, 0.3) is 0 Å². The number of hydrogen-bond acceptors (Lipinski definition) is 4. The molecule has 2 aromatic rings. The molecular formula is C19H22N2O4. The van der Waals surface area contributed by atoms with Crippen molar-refractivity contribution >= 4 is 17.5 Å². The maximum Gasteiger partial charge on any atom is 0.319 e. The summed E-state index contributed by atoms with van der Waals surface area (Å²) in [7, 11) is 1.59. The Kier molecular flexibility index (Phi) is 6.39. The first-order valence-electron chi connectivity index (χ1n) is 7.93. The van der Waals surface area contributed by atoms with Gasteiger partial charge in [0.1, 0.15) is 6.61 Å². The number of hydrogen-bond donors (Lipinski definition) is 2. The van der Waals surface area contributed by atoms with Crippen molar-refractivity contribution in [1.29, 1.82) is 0 Å². The van der Waals surface area contributed by atoms with Crippen molar-refractivity contribution in [2.24, 2.45) is 0 Å². The second kappa shape index (κ2) is 8.73. The number of rotatable bonds is 7. The maximum atomic E-state index is 11.8. The molecule has 0 aliphatic heterocycles. The standard InChI is InChI=1S/C19H22N2O4/c1-13-4-9-17(18(12-13)24-3)25-11-10-20-19(23)21-16-7-5-15(6-8-16)14(2)22/h4-9,12H,10-11H2,1-3H3,(H2,20,21,23). The number of amides is 2. The molecule has 0 aliphatic rings. The lowest BCUT2D eigenvalue weighted by Crippen LogP contribution is -2.32. The molecule has 132 valence electrons. The van der Waals surface area contributed by atoms with Crippen LogP contribution >= 0.6 is 0 Å². The molecule has 2 aromatic carbocycles. The minimum absolute atomic E-state index is 0.0142. The highest BCUT2D eigenvalue weighted by molar-refractivity contribution is 5.95. The summed E-state index contributed by atoms with van der Waals surface area (Å²) in [5, 5.41) is 5.40. The first kappa shape index (κ1) is 18.3. The van der Waals surface area contributed by atoms with Crippen molar-refractivity contribution in [2.45, 2.75) is 13.8 Å². The van der Waals surface area contributed by atoms with Crippen LogP contribution < -0.4 is 20.1 Å². The average molecular weight is 342 g/mol. The van der Waals surface area contributed by atoms with Gasteiger partial charge in [0, 0.05) is 11.3 Å². The predicted octanol–water partition coefficient (Wildman–Crippen LogP) is 3.41. The SMILES string of the molecule is COc1cc(C)ccc1OCCNC(=O)Nc1ccc(C(C)=O)cc1. The number of ether oxygens (including phenoxy) is 2. The molecule has 0 spiro atoms. The van der Waals surface area contributed by atoms with Crippen LogP contribution in [0.25, 0.3) is 0 Å². The Morgan fingerprint density at radius 3 is 2.40 bits per heavy atom. The van der Waals surface area contributed by atoms with Crippen LogP contribution in [-0.4, -0.2) is 32.1 Å². The molecule has 0 saturated heterocycles. The minimum Gasteiger partial charge on any atom is -0.493 e. The van der Waals surface area contributed by atoms with E-state index in [0.29, 0.717) is 35.9 Å². The number of Topliss-reactive ketones (excluding diaryl/α,β-unsaturated/α-hetero) is 1. The number of benzene rings is 2. The van der Waals surface area contributed by atoms with Crippen LogP contribution in [0.15, 0.2) is 42.5 Å². The lowest BCUT2D eigenvalue weighted by molar-refractivity contribution is 0.101. The summed E-state index contributed by atoms with van der Waals surface area (Å²) in [6.45, 7) is 4.13. The molecular weight excluding hydrogens is 320 g/mol. The fourth-order valence-corrected chi connectivity index (χ4v) is 2.18. The molecule has 2 amide bonds. The van der Waals surface area contributed by atoms with Crippen LogP contribution in [0.1, 0.15) is 22.8 Å². The molecule has 0 radical (unpaired) electrons. The molecule has 0 saturated carbocycles. The van der Waals surface area contributed by atoms with Crippen LogP contribution in [0.2, 0.25) is 0 Å². The van der Waals surface area contributed by atoms with E-state index >= 15 is 0 Å². The molecule has 2 rings (SSSR count). The van der Waals surface area contributed by atoms with E-state index in [1.807, 2.05) is 25.1 Å².